The second-order valence-corrected chi connectivity index (χ2v) is 11.4. The van der Waals surface area contributed by atoms with E-state index in [1.54, 1.807) is 12.3 Å². The summed E-state index contributed by atoms with van der Waals surface area (Å²) in [5, 5.41) is 5.20. The number of benzene rings is 3. The average molecular weight is 628 g/mol. The number of ether oxygens (including phenoxy) is 3. The Morgan fingerprint density at radius 3 is 2.62 bits per heavy atom. The highest BCUT2D eigenvalue weighted by Gasteiger charge is 2.17. The van der Waals surface area contributed by atoms with Gasteiger partial charge in [0.1, 0.15) is 18.2 Å². The first-order chi connectivity index (χ1) is 20.3. The normalized spacial score (nSPS) is 13.3. The van der Waals surface area contributed by atoms with E-state index in [0.717, 1.165) is 56.3 Å². The summed E-state index contributed by atoms with van der Waals surface area (Å²) in [6, 6.07) is 21.4. The molecule has 0 saturated carbocycles. The van der Waals surface area contributed by atoms with E-state index in [-0.39, 0.29) is 18.3 Å². The lowest BCUT2D eigenvalue weighted by molar-refractivity contribution is 0.174. The van der Waals surface area contributed by atoms with Gasteiger partial charge < -0.3 is 18.8 Å². The predicted molar refractivity (Wildman–Crippen MR) is 168 cm³/mol. The molecule has 1 atom stereocenters. The van der Waals surface area contributed by atoms with Crippen molar-refractivity contribution in [2.45, 2.75) is 46.6 Å². The van der Waals surface area contributed by atoms with Gasteiger partial charge in [-0.3, -0.25) is 4.79 Å². The number of fused-ring (bicyclic) bond motifs is 2. The van der Waals surface area contributed by atoms with Gasteiger partial charge in [-0.15, -0.1) is 0 Å². The fourth-order valence-corrected chi connectivity index (χ4v) is 5.46. The molecule has 0 spiro atoms. The second kappa shape index (κ2) is 11.5. The molecule has 2 aromatic heterocycles. The summed E-state index contributed by atoms with van der Waals surface area (Å²) in [7, 11) is 0. The van der Waals surface area contributed by atoms with E-state index < -0.39 is 0 Å². The fourth-order valence-electron chi connectivity index (χ4n) is 5.10. The van der Waals surface area contributed by atoms with Gasteiger partial charge in [0.05, 0.1) is 17.1 Å². The maximum atomic E-state index is 13.5. The van der Waals surface area contributed by atoms with Crippen molar-refractivity contribution in [3.63, 3.8) is 0 Å². The standard InChI is InChI=1S/C33H31BrN4O4/c1-5-20(2)32-36-29-12-7-25(34)16-28(29)33(39)38(32)35-17-24-14-21(3)37(22(24)4)26-8-10-27(11-9-26)40-18-23-6-13-30-31(15-23)42-19-41-30/h6-17,20H,5,18-19H2,1-4H3/t20-/m0/s1. The Hall–Kier alpha value is -4.37. The Labute approximate surface area is 252 Å². The molecule has 0 unspecified atom stereocenters. The Balaban J connectivity index is 1.25. The Morgan fingerprint density at radius 1 is 1.05 bits per heavy atom. The van der Waals surface area contributed by atoms with Crippen molar-refractivity contribution in [1.82, 2.24) is 14.2 Å². The van der Waals surface area contributed by atoms with Crippen LogP contribution < -0.4 is 19.8 Å². The van der Waals surface area contributed by atoms with Gasteiger partial charge in [0.15, 0.2) is 11.5 Å². The van der Waals surface area contributed by atoms with Gasteiger partial charge in [0.25, 0.3) is 5.56 Å². The number of aromatic nitrogens is 3. The zero-order chi connectivity index (χ0) is 29.4. The SMILES string of the molecule is CC[C@H](C)c1nc2ccc(Br)cc2c(=O)n1N=Cc1cc(C)n(-c2ccc(OCc3ccc4c(c3)OCO4)cc2)c1C. The molecule has 0 radical (unpaired) electrons. The number of aryl methyl sites for hydroxylation is 1. The Morgan fingerprint density at radius 2 is 1.83 bits per heavy atom. The molecule has 1 aliphatic rings. The van der Waals surface area contributed by atoms with Crippen LogP contribution in [0, 0.1) is 13.8 Å². The number of rotatable bonds is 8. The lowest BCUT2D eigenvalue weighted by Crippen LogP contribution is -2.23. The largest absolute Gasteiger partial charge is 0.489 e. The summed E-state index contributed by atoms with van der Waals surface area (Å²) in [6.07, 6.45) is 2.59. The van der Waals surface area contributed by atoms with E-state index >= 15 is 0 Å². The van der Waals surface area contributed by atoms with Crippen LogP contribution in [0.2, 0.25) is 0 Å². The van der Waals surface area contributed by atoms with Crippen LogP contribution in [-0.2, 0) is 6.61 Å². The van der Waals surface area contributed by atoms with Gasteiger partial charge in [0.2, 0.25) is 6.79 Å². The molecular formula is C33H31BrN4O4. The van der Waals surface area contributed by atoms with Gasteiger partial charge >= 0.3 is 0 Å². The zero-order valence-electron chi connectivity index (χ0n) is 23.9. The van der Waals surface area contributed by atoms with Crippen molar-refractivity contribution in [3.8, 4) is 22.9 Å². The molecule has 3 heterocycles. The molecule has 0 bridgehead atoms. The summed E-state index contributed by atoms with van der Waals surface area (Å²) in [4.78, 5) is 18.3. The van der Waals surface area contributed by atoms with E-state index in [4.69, 9.17) is 19.2 Å². The summed E-state index contributed by atoms with van der Waals surface area (Å²) >= 11 is 3.47. The molecule has 0 saturated heterocycles. The van der Waals surface area contributed by atoms with Gasteiger partial charge in [0, 0.05) is 33.0 Å². The van der Waals surface area contributed by atoms with E-state index in [0.29, 0.717) is 23.3 Å². The lowest BCUT2D eigenvalue weighted by Gasteiger charge is -2.14. The summed E-state index contributed by atoms with van der Waals surface area (Å²) in [5.41, 5.74) is 5.50. The fraction of sp³-hybridized carbons (Fsp3) is 0.242. The highest BCUT2D eigenvalue weighted by atomic mass is 79.9. The van der Waals surface area contributed by atoms with Gasteiger partial charge in [-0.05, 0) is 86.5 Å². The van der Waals surface area contributed by atoms with Crippen molar-refractivity contribution in [3.05, 3.63) is 110 Å². The van der Waals surface area contributed by atoms with Crippen molar-refractivity contribution in [2.75, 3.05) is 6.79 Å². The molecule has 5 aromatic rings. The average Bonchev–Trinajstić information content (AvgIpc) is 3.58. The van der Waals surface area contributed by atoms with Gasteiger partial charge in [-0.25, -0.2) is 4.98 Å². The Kier molecular flexibility index (Phi) is 7.60. The molecule has 214 valence electrons. The minimum atomic E-state index is -0.182. The first-order valence-electron chi connectivity index (χ1n) is 13.9. The first-order valence-corrected chi connectivity index (χ1v) is 14.7. The molecule has 9 heteroatoms. The molecule has 6 rings (SSSR count). The van der Waals surface area contributed by atoms with Crippen LogP contribution in [-0.4, -0.2) is 27.2 Å². The molecular weight excluding hydrogens is 596 g/mol. The Bertz CT molecular complexity index is 1870. The second-order valence-electron chi connectivity index (χ2n) is 10.4. The summed E-state index contributed by atoms with van der Waals surface area (Å²) < 4.78 is 21.3. The van der Waals surface area contributed by atoms with Crippen molar-refractivity contribution in [2.24, 2.45) is 5.10 Å². The zero-order valence-corrected chi connectivity index (χ0v) is 25.5. The van der Waals surface area contributed by atoms with Crippen molar-refractivity contribution in [1.29, 1.82) is 0 Å². The maximum Gasteiger partial charge on any atom is 0.282 e. The molecule has 0 fully saturated rings. The highest BCUT2D eigenvalue weighted by Crippen LogP contribution is 2.33. The third-order valence-corrected chi connectivity index (χ3v) is 8.10. The number of hydrogen-bond acceptors (Lipinski definition) is 6. The topological polar surface area (TPSA) is 79.9 Å². The highest BCUT2D eigenvalue weighted by molar-refractivity contribution is 9.10. The maximum absolute atomic E-state index is 13.5. The number of halogens is 1. The van der Waals surface area contributed by atoms with Crippen LogP contribution in [0.5, 0.6) is 17.2 Å². The summed E-state index contributed by atoms with van der Waals surface area (Å²) in [5.74, 6) is 3.00. The van der Waals surface area contributed by atoms with Crippen LogP contribution in [0.3, 0.4) is 0 Å². The molecule has 8 nitrogen and oxygen atoms in total. The van der Waals surface area contributed by atoms with E-state index in [1.165, 1.54) is 4.68 Å². The van der Waals surface area contributed by atoms with Crippen molar-refractivity contribution < 1.29 is 14.2 Å². The molecule has 0 amide bonds. The predicted octanol–water partition coefficient (Wildman–Crippen LogP) is 7.27. The smallest absolute Gasteiger partial charge is 0.282 e. The molecule has 3 aromatic carbocycles. The third kappa shape index (κ3) is 5.32. The van der Waals surface area contributed by atoms with E-state index in [2.05, 4.69) is 52.4 Å². The van der Waals surface area contributed by atoms with Crippen LogP contribution in [0.1, 0.15) is 54.5 Å². The minimum absolute atomic E-state index is 0.0705. The van der Waals surface area contributed by atoms with Gasteiger partial charge in [-0.2, -0.15) is 9.78 Å². The molecule has 42 heavy (non-hydrogen) atoms. The van der Waals surface area contributed by atoms with Crippen molar-refractivity contribution >= 4 is 33.0 Å². The van der Waals surface area contributed by atoms with Crippen LogP contribution in [0.25, 0.3) is 16.6 Å². The summed E-state index contributed by atoms with van der Waals surface area (Å²) in [6.45, 7) is 8.93. The van der Waals surface area contributed by atoms with Gasteiger partial charge in [-0.1, -0.05) is 35.8 Å². The van der Waals surface area contributed by atoms with Crippen LogP contribution >= 0.6 is 15.9 Å². The lowest BCUT2D eigenvalue weighted by atomic mass is 10.1. The van der Waals surface area contributed by atoms with Crippen LogP contribution in [0.15, 0.2) is 81.1 Å². The van der Waals surface area contributed by atoms with E-state index in [9.17, 15) is 4.79 Å². The molecule has 0 N–H and O–H groups in total. The molecule has 0 aliphatic carbocycles. The third-order valence-electron chi connectivity index (χ3n) is 7.61. The number of hydrogen-bond donors (Lipinski definition) is 0. The molecule has 1 aliphatic heterocycles. The quantitative estimate of drug-likeness (QED) is 0.169. The van der Waals surface area contributed by atoms with Crippen LogP contribution in [0.4, 0.5) is 0 Å². The number of nitrogens with zero attached hydrogens (tertiary/aromatic N) is 4. The first kappa shape index (κ1) is 27.8. The minimum Gasteiger partial charge on any atom is -0.489 e. The monoisotopic (exact) mass is 626 g/mol. The van der Waals surface area contributed by atoms with E-state index in [1.807, 2.05) is 61.5 Å².